The van der Waals surface area contributed by atoms with Crippen LogP contribution in [0.2, 0.25) is 0 Å². The fourth-order valence-electron chi connectivity index (χ4n) is 4.99. The van der Waals surface area contributed by atoms with Gasteiger partial charge in [-0.15, -0.1) is 0 Å². The van der Waals surface area contributed by atoms with Gasteiger partial charge in [-0.3, -0.25) is 0 Å². The zero-order chi connectivity index (χ0) is 30.0. The van der Waals surface area contributed by atoms with Gasteiger partial charge in [0, 0.05) is 22.4 Å². The van der Waals surface area contributed by atoms with E-state index in [1.807, 2.05) is 109 Å². The van der Waals surface area contributed by atoms with Crippen LogP contribution in [0, 0.1) is 0 Å². The Morgan fingerprint density at radius 1 is 0.364 bits per heavy atom. The van der Waals surface area contributed by atoms with Crippen LogP contribution in [-0.2, 0) is 0 Å². The van der Waals surface area contributed by atoms with Crippen molar-refractivity contribution < 1.29 is 0 Å². The van der Waals surface area contributed by atoms with Crippen LogP contribution in [0.1, 0.15) is 0 Å². The second-order valence-electron chi connectivity index (χ2n) is 10.2. The summed E-state index contributed by atoms with van der Waals surface area (Å²) in [6, 6.07) is 59.2. The lowest BCUT2D eigenvalue weighted by Gasteiger charge is -2.16. The summed E-state index contributed by atoms with van der Waals surface area (Å²) >= 11 is 0. The van der Waals surface area contributed by atoms with E-state index in [1.54, 1.807) is 0 Å². The maximum Gasteiger partial charge on any atom is 0.174 e. The van der Waals surface area contributed by atoms with Crippen molar-refractivity contribution >= 4 is 17.3 Å². The highest BCUT2D eigenvalue weighted by molar-refractivity contribution is 5.85. The molecule has 7 aromatic rings. The van der Waals surface area contributed by atoms with E-state index in [4.69, 9.17) is 15.7 Å². The van der Waals surface area contributed by atoms with Crippen LogP contribution < -0.4 is 11.1 Å². The predicted octanol–water partition coefficient (Wildman–Crippen LogP) is 10.2. The Morgan fingerprint density at radius 3 is 1.20 bits per heavy atom. The Bertz CT molecular complexity index is 1870. The first-order chi connectivity index (χ1) is 21.8. The Morgan fingerprint density at radius 2 is 0.727 bits per heavy atom. The first-order valence-corrected chi connectivity index (χ1v) is 14.6. The van der Waals surface area contributed by atoms with E-state index in [9.17, 15) is 0 Å². The van der Waals surface area contributed by atoms with Crippen LogP contribution in [0.15, 0.2) is 176 Å². The molecular formula is C40H32N4. The summed E-state index contributed by atoms with van der Waals surface area (Å²) in [7, 11) is 0. The third-order valence-corrected chi connectivity index (χ3v) is 7.16. The Balaban J connectivity index is 0.000000238. The van der Waals surface area contributed by atoms with Crippen molar-refractivity contribution in [3.8, 4) is 44.8 Å². The number of benzene rings is 6. The number of para-hydroxylation sites is 1. The van der Waals surface area contributed by atoms with E-state index in [-0.39, 0.29) is 0 Å². The highest BCUT2D eigenvalue weighted by Crippen LogP contribution is 2.35. The summed E-state index contributed by atoms with van der Waals surface area (Å²) in [5.74, 6) is 0.887. The van der Waals surface area contributed by atoms with Crippen molar-refractivity contribution in [2.45, 2.75) is 0 Å². The van der Waals surface area contributed by atoms with E-state index in [0.29, 0.717) is 11.6 Å². The van der Waals surface area contributed by atoms with E-state index >= 15 is 0 Å². The second-order valence-corrected chi connectivity index (χ2v) is 10.2. The van der Waals surface area contributed by atoms with Crippen LogP contribution in [-0.4, -0.2) is 9.97 Å². The molecule has 0 spiro atoms. The summed E-state index contributed by atoms with van der Waals surface area (Å²) in [6.07, 6.45) is 0. The number of nitrogens with two attached hydrogens (primary N) is 1. The first-order valence-electron chi connectivity index (χ1n) is 14.6. The highest BCUT2D eigenvalue weighted by Gasteiger charge is 2.16. The van der Waals surface area contributed by atoms with Gasteiger partial charge in [-0.25, -0.2) is 9.97 Å². The monoisotopic (exact) mass is 568 g/mol. The number of aromatic nitrogens is 2. The molecule has 3 N–H and O–H groups in total. The number of hydrogen-bond donors (Lipinski definition) is 2. The number of nitrogen functional groups attached to an aromatic ring is 1. The maximum absolute atomic E-state index is 6.41. The zero-order valence-electron chi connectivity index (χ0n) is 24.2. The molecule has 44 heavy (non-hydrogen) atoms. The number of hydrogen-bond acceptors (Lipinski definition) is 4. The fourth-order valence-corrected chi connectivity index (χ4v) is 4.99. The van der Waals surface area contributed by atoms with Gasteiger partial charge in [0.25, 0.3) is 0 Å². The van der Waals surface area contributed by atoms with Crippen LogP contribution in [0.4, 0.5) is 17.3 Å². The molecule has 0 bridgehead atoms. The third kappa shape index (κ3) is 6.72. The van der Waals surface area contributed by atoms with Crippen molar-refractivity contribution in [3.05, 3.63) is 176 Å². The summed E-state index contributed by atoms with van der Waals surface area (Å²) in [5, 5.41) is 3.43. The molecule has 0 saturated heterocycles. The van der Waals surface area contributed by atoms with Crippen molar-refractivity contribution in [1.29, 1.82) is 0 Å². The average molecular weight is 569 g/mol. The van der Waals surface area contributed by atoms with Crippen LogP contribution >= 0.6 is 0 Å². The van der Waals surface area contributed by atoms with Crippen LogP contribution in [0.5, 0.6) is 0 Å². The Labute approximate surface area is 258 Å². The minimum Gasteiger partial charge on any atom is -0.381 e. The van der Waals surface area contributed by atoms with Gasteiger partial charge in [0.2, 0.25) is 0 Å². The molecule has 0 aliphatic heterocycles. The molecule has 4 heteroatoms. The highest BCUT2D eigenvalue weighted by atomic mass is 15.1. The molecule has 0 saturated carbocycles. The minimum absolute atomic E-state index is 0.353. The van der Waals surface area contributed by atoms with Gasteiger partial charge in [0.15, 0.2) is 11.6 Å². The first kappa shape index (κ1) is 28.1. The molecule has 0 atom stereocenters. The molecule has 0 amide bonds. The lowest BCUT2D eigenvalue weighted by molar-refractivity contribution is 1.21. The van der Waals surface area contributed by atoms with Gasteiger partial charge in [-0.2, -0.15) is 0 Å². The standard InChI is InChI=1S/C28H22N4.C12H10/c29-27-28(30-24-19-11-10-18-23(24)20-12-4-1-5-13-20)32-26(22-16-8-3-9-17-22)25(31-27)21-14-6-2-7-15-21;1-3-7-11(8-4-1)12-9-5-2-6-10-12/h1-19H,(H2,29,31)(H,30,32);1-10H. The van der Waals surface area contributed by atoms with Gasteiger partial charge in [0.05, 0.1) is 11.4 Å². The third-order valence-electron chi connectivity index (χ3n) is 7.16. The number of nitrogens with one attached hydrogen (secondary N) is 1. The molecule has 0 radical (unpaired) electrons. The lowest BCUT2D eigenvalue weighted by Crippen LogP contribution is -2.06. The van der Waals surface area contributed by atoms with E-state index in [2.05, 4.69) is 72.0 Å². The topological polar surface area (TPSA) is 63.8 Å². The predicted molar refractivity (Wildman–Crippen MR) is 184 cm³/mol. The smallest absolute Gasteiger partial charge is 0.174 e. The molecule has 0 unspecified atom stereocenters. The normalized spacial score (nSPS) is 10.4. The minimum atomic E-state index is 0.353. The van der Waals surface area contributed by atoms with E-state index in [1.165, 1.54) is 11.1 Å². The molecule has 7 rings (SSSR count). The number of nitrogens with zero attached hydrogens (tertiary/aromatic N) is 2. The van der Waals surface area contributed by atoms with Crippen LogP contribution in [0.3, 0.4) is 0 Å². The molecule has 0 fully saturated rings. The molecule has 0 aliphatic carbocycles. The van der Waals surface area contributed by atoms with Gasteiger partial charge in [-0.1, -0.05) is 170 Å². The van der Waals surface area contributed by atoms with Crippen LogP contribution in [0.25, 0.3) is 44.8 Å². The molecule has 4 nitrogen and oxygen atoms in total. The summed E-state index contributed by atoms with van der Waals surface area (Å²) < 4.78 is 0. The Hall–Kier alpha value is -6.00. The zero-order valence-corrected chi connectivity index (χ0v) is 24.2. The molecule has 212 valence electrons. The van der Waals surface area contributed by atoms with E-state index < -0.39 is 0 Å². The number of anilines is 3. The van der Waals surface area contributed by atoms with Gasteiger partial charge >= 0.3 is 0 Å². The molecule has 1 aromatic heterocycles. The van der Waals surface area contributed by atoms with E-state index in [0.717, 1.165) is 39.3 Å². The quantitative estimate of drug-likeness (QED) is 0.209. The molecular weight excluding hydrogens is 536 g/mol. The van der Waals surface area contributed by atoms with Crippen molar-refractivity contribution in [3.63, 3.8) is 0 Å². The Kier molecular flexibility index (Phi) is 8.81. The molecule has 6 aromatic carbocycles. The van der Waals surface area contributed by atoms with Crippen molar-refractivity contribution in [2.75, 3.05) is 11.1 Å². The van der Waals surface area contributed by atoms with Gasteiger partial charge < -0.3 is 11.1 Å². The summed E-state index contributed by atoms with van der Waals surface area (Å²) in [4.78, 5) is 9.72. The van der Waals surface area contributed by atoms with Gasteiger partial charge in [0.1, 0.15) is 0 Å². The second kappa shape index (κ2) is 13.8. The summed E-state index contributed by atoms with van der Waals surface area (Å²) in [6.45, 7) is 0. The van der Waals surface area contributed by atoms with Crippen molar-refractivity contribution in [1.82, 2.24) is 9.97 Å². The van der Waals surface area contributed by atoms with Crippen molar-refractivity contribution in [2.24, 2.45) is 0 Å². The SMILES string of the molecule is Nc1nc(-c2ccccc2)c(-c2ccccc2)nc1Nc1ccccc1-c1ccccc1.c1ccc(-c2ccccc2)cc1. The van der Waals surface area contributed by atoms with Gasteiger partial charge in [-0.05, 0) is 22.8 Å². The molecule has 1 heterocycles. The summed E-state index contributed by atoms with van der Waals surface area (Å²) in [5.41, 5.74) is 15.6. The average Bonchev–Trinajstić information content (AvgIpc) is 3.11. The molecule has 0 aliphatic rings. The largest absolute Gasteiger partial charge is 0.381 e. The number of rotatable bonds is 6. The maximum atomic E-state index is 6.41. The lowest BCUT2D eigenvalue weighted by atomic mass is 10.0. The fraction of sp³-hybridized carbons (Fsp3) is 0.